The van der Waals surface area contributed by atoms with E-state index in [1.54, 1.807) is 29.0 Å². The predicted octanol–water partition coefficient (Wildman–Crippen LogP) is 2.11. The first kappa shape index (κ1) is 12.1. The molecule has 2 rings (SSSR count). The van der Waals surface area contributed by atoms with Crippen LogP contribution in [0.1, 0.15) is 6.42 Å². The van der Waals surface area contributed by atoms with E-state index in [1.807, 2.05) is 0 Å². The van der Waals surface area contributed by atoms with Crippen LogP contribution >= 0.6 is 0 Å². The van der Waals surface area contributed by atoms with Crippen LogP contribution in [0.4, 0.5) is 5.69 Å². The fourth-order valence-electron chi connectivity index (χ4n) is 1.89. The van der Waals surface area contributed by atoms with Gasteiger partial charge in [-0.25, -0.2) is 0 Å². The maximum Gasteiger partial charge on any atom is 0.307 e. The van der Waals surface area contributed by atoms with Gasteiger partial charge in [-0.15, -0.1) is 0 Å². The zero-order valence-corrected chi connectivity index (χ0v) is 9.83. The lowest BCUT2D eigenvalue weighted by atomic mass is 10.2. The molecule has 0 bridgehead atoms. The summed E-state index contributed by atoms with van der Waals surface area (Å²) in [6.07, 6.45) is 1.92. The third kappa shape index (κ3) is 2.17. The molecule has 1 aromatic heterocycles. The van der Waals surface area contributed by atoms with Crippen molar-refractivity contribution in [2.75, 3.05) is 7.11 Å². The molecule has 0 aliphatic rings. The summed E-state index contributed by atoms with van der Waals surface area (Å²) in [5, 5.41) is 11.7. The van der Waals surface area contributed by atoms with Gasteiger partial charge in [-0.1, -0.05) is 12.1 Å². The Labute approximate surface area is 103 Å². The molecule has 1 heterocycles. The minimum Gasteiger partial charge on any atom is -0.469 e. The number of rotatable bonds is 4. The van der Waals surface area contributed by atoms with Crippen LogP contribution in [0.5, 0.6) is 0 Å². The maximum absolute atomic E-state index is 11.1. The van der Waals surface area contributed by atoms with Crippen LogP contribution < -0.4 is 0 Å². The fraction of sp³-hybridized carbons (Fsp3) is 0.250. The van der Waals surface area contributed by atoms with Crippen molar-refractivity contribution in [3.63, 3.8) is 0 Å². The predicted molar refractivity (Wildman–Crippen MR) is 65.2 cm³/mol. The van der Waals surface area contributed by atoms with Crippen molar-refractivity contribution in [1.29, 1.82) is 0 Å². The number of nitro groups is 1. The molecule has 0 radical (unpaired) electrons. The second-order valence-electron chi connectivity index (χ2n) is 3.81. The number of nitro benzene ring substituents is 1. The molecule has 1 aromatic carbocycles. The molecule has 6 nitrogen and oxygen atoms in total. The minimum absolute atomic E-state index is 0.0439. The molecule has 2 aromatic rings. The zero-order chi connectivity index (χ0) is 13.1. The third-order valence-electron chi connectivity index (χ3n) is 2.75. The average molecular weight is 248 g/mol. The Morgan fingerprint density at radius 1 is 1.44 bits per heavy atom. The van der Waals surface area contributed by atoms with Gasteiger partial charge in [0.05, 0.1) is 18.5 Å². The van der Waals surface area contributed by atoms with Gasteiger partial charge < -0.3 is 9.30 Å². The summed E-state index contributed by atoms with van der Waals surface area (Å²) >= 11 is 0. The van der Waals surface area contributed by atoms with Gasteiger partial charge in [-0.05, 0) is 6.07 Å². The normalized spacial score (nSPS) is 10.5. The van der Waals surface area contributed by atoms with E-state index in [4.69, 9.17) is 0 Å². The molecule has 0 amide bonds. The molecule has 6 heteroatoms. The number of aryl methyl sites for hydroxylation is 1. The number of nitrogens with zero attached hydrogens (tertiary/aromatic N) is 2. The highest BCUT2D eigenvalue weighted by molar-refractivity contribution is 5.88. The van der Waals surface area contributed by atoms with Crippen molar-refractivity contribution in [1.82, 2.24) is 4.57 Å². The van der Waals surface area contributed by atoms with Crippen LogP contribution in [0.2, 0.25) is 0 Å². The summed E-state index contributed by atoms with van der Waals surface area (Å²) < 4.78 is 6.25. The van der Waals surface area contributed by atoms with Gasteiger partial charge in [0.25, 0.3) is 5.69 Å². The Morgan fingerprint density at radius 2 is 2.22 bits per heavy atom. The topological polar surface area (TPSA) is 74.4 Å². The number of ether oxygens (including phenoxy) is 1. The Bertz CT molecular complexity index is 603. The van der Waals surface area contributed by atoms with E-state index in [9.17, 15) is 14.9 Å². The Morgan fingerprint density at radius 3 is 2.89 bits per heavy atom. The van der Waals surface area contributed by atoms with E-state index in [0.717, 1.165) is 5.39 Å². The highest BCUT2D eigenvalue weighted by atomic mass is 16.6. The Hall–Kier alpha value is -2.37. The molecule has 0 N–H and O–H groups in total. The molecule has 0 saturated heterocycles. The summed E-state index contributed by atoms with van der Waals surface area (Å²) in [5.41, 5.74) is 0.578. The maximum atomic E-state index is 11.1. The summed E-state index contributed by atoms with van der Waals surface area (Å²) in [6, 6.07) is 6.69. The lowest BCUT2D eigenvalue weighted by molar-refractivity contribution is -0.383. The molecule has 18 heavy (non-hydrogen) atoms. The number of fused-ring (bicyclic) bond motifs is 1. The van der Waals surface area contributed by atoms with E-state index in [1.165, 1.54) is 13.2 Å². The van der Waals surface area contributed by atoms with E-state index in [0.29, 0.717) is 12.1 Å². The van der Waals surface area contributed by atoms with Crippen molar-refractivity contribution in [3.05, 3.63) is 40.6 Å². The molecule has 0 aliphatic carbocycles. The number of carbonyl (C=O) groups is 1. The average Bonchev–Trinajstić information content (AvgIpc) is 2.78. The number of carbonyl (C=O) groups excluding carboxylic acids is 1. The van der Waals surface area contributed by atoms with Gasteiger partial charge in [0, 0.05) is 24.2 Å². The van der Waals surface area contributed by atoms with Crippen LogP contribution in [0.3, 0.4) is 0 Å². The van der Waals surface area contributed by atoms with Gasteiger partial charge in [0.2, 0.25) is 0 Å². The summed E-state index contributed by atoms with van der Waals surface area (Å²) in [6.45, 7) is 0.362. The Kier molecular flexibility index (Phi) is 3.27. The van der Waals surface area contributed by atoms with E-state index >= 15 is 0 Å². The number of methoxy groups -OCH3 is 1. The fourth-order valence-corrected chi connectivity index (χ4v) is 1.89. The SMILES string of the molecule is COC(=O)CCn1ccc2cccc([N+](=O)[O-])c21. The highest BCUT2D eigenvalue weighted by Crippen LogP contribution is 2.26. The van der Waals surface area contributed by atoms with Gasteiger partial charge in [0.1, 0.15) is 5.52 Å². The van der Waals surface area contributed by atoms with Crippen LogP contribution in [0.15, 0.2) is 30.5 Å². The summed E-state index contributed by atoms with van der Waals surface area (Å²) in [4.78, 5) is 21.6. The molecule has 0 saturated carbocycles. The highest BCUT2D eigenvalue weighted by Gasteiger charge is 2.15. The molecule has 0 fully saturated rings. The first-order valence-corrected chi connectivity index (χ1v) is 5.42. The van der Waals surface area contributed by atoms with Gasteiger partial charge in [-0.2, -0.15) is 0 Å². The molecule has 0 atom stereocenters. The summed E-state index contributed by atoms with van der Waals surface area (Å²) in [7, 11) is 1.32. The standard InChI is InChI=1S/C12H12N2O4/c1-18-11(15)6-8-13-7-5-9-3-2-4-10(12(9)13)14(16)17/h2-5,7H,6,8H2,1H3. The van der Waals surface area contributed by atoms with E-state index < -0.39 is 4.92 Å². The van der Waals surface area contributed by atoms with E-state index in [-0.39, 0.29) is 18.1 Å². The van der Waals surface area contributed by atoms with Crippen LogP contribution in [-0.2, 0) is 16.1 Å². The first-order valence-electron chi connectivity index (χ1n) is 5.42. The monoisotopic (exact) mass is 248 g/mol. The quantitative estimate of drug-likeness (QED) is 0.472. The lowest BCUT2D eigenvalue weighted by Crippen LogP contribution is -2.06. The van der Waals surface area contributed by atoms with Crippen molar-refractivity contribution in [2.45, 2.75) is 13.0 Å². The largest absolute Gasteiger partial charge is 0.469 e. The molecule has 0 unspecified atom stereocenters. The third-order valence-corrected chi connectivity index (χ3v) is 2.75. The van der Waals surface area contributed by atoms with E-state index in [2.05, 4.69) is 4.74 Å². The van der Waals surface area contributed by atoms with Crippen LogP contribution in [0, 0.1) is 10.1 Å². The number of hydrogen-bond acceptors (Lipinski definition) is 4. The number of hydrogen-bond donors (Lipinski definition) is 0. The second-order valence-corrected chi connectivity index (χ2v) is 3.81. The van der Waals surface area contributed by atoms with Crippen molar-refractivity contribution < 1.29 is 14.5 Å². The number of non-ortho nitro benzene ring substituents is 1. The van der Waals surface area contributed by atoms with Crippen molar-refractivity contribution in [3.8, 4) is 0 Å². The van der Waals surface area contributed by atoms with Crippen LogP contribution in [-0.4, -0.2) is 22.6 Å². The number of aromatic nitrogens is 1. The van der Waals surface area contributed by atoms with Gasteiger partial charge >= 0.3 is 5.97 Å². The number of esters is 1. The molecular weight excluding hydrogens is 236 g/mol. The first-order chi connectivity index (χ1) is 8.63. The zero-order valence-electron chi connectivity index (χ0n) is 9.83. The Balaban J connectivity index is 2.39. The summed E-state index contributed by atoms with van der Waals surface area (Å²) in [5.74, 6) is -0.338. The lowest BCUT2D eigenvalue weighted by Gasteiger charge is -2.04. The molecular formula is C12H12N2O4. The smallest absolute Gasteiger partial charge is 0.307 e. The minimum atomic E-state index is -0.420. The number of benzene rings is 1. The molecule has 0 spiro atoms. The van der Waals surface area contributed by atoms with Gasteiger partial charge in [0.15, 0.2) is 0 Å². The molecule has 0 aliphatic heterocycles. The second kappa shape index (κ2) is 4.87. The number of para-hydroxylation sites is 1. The van der Waals surface area contributed by atoms with Crippen molar-refractivity contribution in [2.24, 2.45) is 0 Å². The molecule has 94 valence electrons. The van der Waals surface area contributed by atoms with Gasteiger partial charge in [-0.3, -0.25) is 14.9 Å². The van der Waals surface area contributed by atoms with Crippen LogP contribution in [0.25, 0.3) is 10.9 Å². The van der Waals surface area contributed by atoms with Crippen molar-refractivity contribution >= 4 is 22.6 Å².